The molecule has 5 nitrogen and oxygen atoms in total. The van der Waals surface area contributed by atoms with Crippen molar-refractivity contribution >= 4 is 29.1 Å². The van der Waals surface area contributed by atoms with E-state index in [0.29, 0.717) is 12.0 Å². The van der Waals surface area contributed by atoms with Crippen molar-refractivity contribution in [2.45, 2.75) is 63.8 Å². The van der Waals surface area contributed by atoms with Crippen LogP contribution >= 0.6 is 23.1 Å². The molecule has 2 bridgehead atoms. The highest BCUT2D eigenvalue weighted by atomic mass is 32.2. The Hall–Kier alpha value is -1.34. The van der Waals surface area contributed by atoms with E-state index in [4.69, 9.17) is 4.74 Å². The fourth-order valence-electron chi connectivity index (χ4n) is 4.81. The van der Waals surface area contributed by atoms with Gasteiger partial charge in [-0.2, -0.15) is 0 Å². The Morgan fingerprint density at radius 2 is 2.19 bits per heavy atom. The van der Waals surface area contributed by atoms with Gasteiger partial charge in [0.25, 0.3) is 0 Å². The lowest BCUT2D eigenvalue weighted by Crippen LogP contribution is -2.23. The number of ether oxygens (including phenoxy) is 1. The van der Waals surface area contributed by atoms with Crippen LogP contribution < -0.4 is 0 Å². The third-order valence-corrected chi connectivity index (χ3v) is 7.69. The number of hydrogen-bond acceptors (Lipinski definition) is 6. The third kappa shape index (κ3) is 3.94. The molecule has 2 aromatic heterocycles. The molecule has 4 unspecified atom stereocenters. The predicted octanol–water partition coefficient (Wildman–Crippen LogP) is 5.05. The average molecular weight is 406 g/mol. The molecule has 146 valence electrons. The molecule has 2 aliphatic carbocycles. The van der Waals surface area contributed by atoms with Crippen molar-refractivity contribution in [2.24, 2.45) is 17.8 Å². The molecule has 0 aliphatic heterocycles. The summed E-state index contributed by atoms with van der Waals surface area (Å²) in [4.78, 5) is 13.1. The zero-order chi connectivity index (χ0) is 19.0. The fourth-order valence-corrected chi connectivity index (χ4v) is 6.32. The lowest BCUT2D eigenvalue weighted by Gasteiger charge is -2.30. The Morgan fingerprint density at radius 3 is 2.81 bits per heavy atom. The van der Waals surface area contributed by atoms with E-state index >= 15 is 0 Å². The van der Waals surface area contributed by atoms with Gasteiger partial charge in [-0.25, -0.2) is 0 Å². The molecular formula is C20H27N3O2S2. The van der Waals surface area contributed by atoms with Gasteiger partial charge in [0, 0.05) is 6.04 Å². The maximum absolute atomic E-state index is 12.0. The Labute approximate surface area is 168 Å². The number of carbonyl (C=O) groups excluding carboxylic acids is 1. The molecule has 2 saturated carbocycles. The van der Waals surface area contributed by atoms with Crippen LogP contribution in [0.5, 0.6) is 0 Å². The van der Waals surface area contributed by atoms with Crippen molar-refractivity contribution in [1.82, 2.24) is 14.8 Å². The monoisotopic (exact) mass is 405 g/mol. The van der Waals surface area contributed by atoms with Crippen LogP contribution in [0, 0.1) is 17.8 Å². The average Bonchev–Trinajstić information content (AvgIpc) is 3.42. The van der Waals surface area contributed by atoms with Gasteiger partial charge in [-0.1, -0.05) is 24.2 Å². The van der Waals surface area contributed by atoms with Crippen molar-refractivity contribution in [3.8, 4) is 10.7 Å². The van der Waals surface area contributed by atoms with Crippen LogP contribution in [0.15, 0.2) is 22.7 Å². The molecule has 0 N–H and O–H groups in total. The van der Waals surface area contributed by atoms with Gasteiger partial charge in [0.05, 0.1) is 16.7 Å². The number of hydrogen-bond donors (Lipinski definition) is 0. The minimum absolute atomic E-state index is 0.0920. The summed E-state index contributed by atoms with van der Waals surface area (Å²) in [7, 11) is 0. The Balaban J connectivity index is 1.59. The fraction of sp³-hybridized carbons (Fsp3) is 0.650. The second kappa shape index (κ2) is 7.95. The topological polar surface area (TPSA) is 57.0 Å². The number of nitrogens with zero attached hydrogens (tertiary/aromatic N) is 3. The Bertz CT molecular complexity index is 787. The summed E-state index contributed by atoms with van der Waals surface area (Å²) in [5.74, 6) is 3.41. The zero-order valence-electron chi connectivity index (χ0n) is 16.1. The van der Waals surface area contributed by atoms with E-state index in [1.165, 1.54) is 37.4 Å². The second-order valence-corrected chi connectivity index (χ2v) is 9.95. The van der Waals surface area contributed by atoms with Crippen molar-refractivity contribution in [3.05, 3.63) is 17.5 Å². The first-order valence-electron chi connectivity index (χ1n) is 9.84. The number of aromatic nitrogens is 3. The lowest BCUT2D eigenvalue weighted by atomic mass is 9.84. The van der Waals surface area contributed by atoms with E-state index in [-0.39, 0.29) is 17.8 Å². The summed E-state index contributed by atoms with van der Waals surface area (Å²) in [5.41, 5.74) is 0. The molecule has 0 amide bonds. The molecule has 27 heavy (non-hydrogen) atoms. The van der Waals surface area contributed by atoms with Gasteiger partial charge >= 0.3 is 5.97 Å². The Kier molecular flexibility index (Phi) is 5.60. The summed E-state index contributed by atoms with van der Waals surface area (Å²) in [6.07, 6.45) is 5.36. The number of fused-ring (bicyclic) bond motifs is 2. The van der Waals surface area contributed by atoms with Gasteiger partial charge in [0.1, 0.15) is 0 Å². The molecule has 0 radical (unpaired) electrons. The van der Waals surface area contributed by atoms with Gasteiger partial charge in [0.15, 0.2) is 11.0 Å². The van der Waals surface area contributed by atoms with Crippen LogP contribution in [-0.4, -0.2) is 32.6 Å². The van der Waals surface area contributed by atoms with Crippen molar-refractivity contribution in [2.75, 3.05) is 5.75 Å². The highest BCUT2D eigenvalue weighted by molar-refractivity contribution is 7.99. The maximum atomic E-state index is 12.0. The highest BCUT2D eigenvalue weighted by Gasteiger charge is 2.43. The molecule has 2 fully saturated rings. The normalized spacial score (nSPS) is 25.3. The number of thioether (sulfide) groups is 1. The minimum atomic E-state index is -0.199. The summed E-state index contributed by atoms with van der Waals surface area (Å²) in [6.45, 7) is 6.05. The molecule has 2 aliphatic rings. The molecule has 0 aromatic carbocycles. The molecule has 2 aromatic rings. The molecule has 2 heterocycles. The number of thiophene rings is 1. The van der Waals surface area contributed by atoms with Crippen molar-refractivity contribution in [3.63, 3.8) is 0 Å². The molecular weight excluding hydrogens is 378 g/mol. The van der Waals surface area contributed by atoms with E-state index in [1.54, 1.807) is 11.3 Å². The van der Waals surface area contributed by atoms with Crippen LogP contribution in [0.3, 0.4) is 0 Å². The molecule has 0 saturated heterocycles. The van der Waals surface area contributed by atoms with Crippen LogP contribution in [0.25, 0.3) is 10.7 Å². The van der Waals surface area contributed by atoms with Gasteiger partial charge in [-0.05, 0) is 69.2 Å². The summed E-state index contributed by atoms with van der Waals surface area (Å²) < 4.78 is 7.56. The van der Waals surface area contributed by atoms with E-state index in [2.05, 4.69) is 33.1 Å². The number of esters is 1. The largest absolute Gasteiger partial charge is 0.462 e. The molecule has 7 heteroatoms. The first kappa shape index (κ1) is 19.0. The molecule has 4 rings (SSSR count). The Morgan fingerprint density at radius 1 is 1.33 bits per heavy atom. The molecule has 4 atom stereocenters. The van der Waals surface area contributed by atoms with Gasteiger partial charge in [-0.15, -0.1) is 21.5 Å². The summed E-state index contributed by atoms with van der Waals surface area (Å²) in [5, 5.41) is 11.9. The van der Waals surface area contributed by atoms with E-state index in [0.717, 1.165) is 27.7 Å². The zero-order valence-corrected chi connectivity index (χ0v) is 17.8. The van der Waals surface area contributed by atoms with Gasteiger partial charge < -0.3 is 4.74 Å². The number of carbonyl (C=O) groups is 1. The lowest BCUT2D eigenvalue weighted by molar-refractivity contribution is -0.144. The van der Waals surface area contributed by atoms with Gasteiger partial charge in [-0.3, -0.25) is 9.36 Å². The third-order valence-electron chi connectivity index (χ3n) is 5.91. The van der Waals surface area contributed by atoms with Crippen LogP contribution in [-0.2, 0) is 9.53 Å². The van der Waals surface area contributed by atoms with Crippen molar-refractivity contribution in [1.29, 1.82) is 0 Å². The van der Waals surface area contributed by atoms with Crippen molar-refractivity contribution < 1.29 is 9.53 Å². The summed E-state index contributed by atoms with van der Waals surface area (Å²) >= 11 is 3.13. The number of rotatable bonds is 7. The van der Waals surface area contributed by atoms with Crippen LogP contribution in [0.1, 0.15) is 52.5 Å². The highest BCUT2D eigenvalue weighted by Crippen LogP contribution is 2.53. The minimum Gasteiger partial charge on any atom is -0.462 e. The van der Waals surface area contributed by atoms with Crippen LogP contribution in [0.4, 0.5) is 0 Å². The maximum Gasteiger partial charge on any atom is 0.316 e. The van der Waals surface area contributed by atoms with Crippen LogP contribution in [0.2, 0.25) is 0 Å². The van der Waals surface area contributed by atoms with E-state index in [9.17, 15) is 4.79 Å². The van der Waals surface area contributed by atoms with Gasteiger partial charge in [0.2, 0.25) is 0 Å². The first-order chi connectivity index (χ1) is 13.0. The quantitative estimate of drug-likeness (QED) is 0.477. The first-order valence-corrected chi connectivity index (χ1v) is 11.7. The SMILES string of the molecule is CC(C)OC(=O)CSc1nnc(-c2cccs2)n1C(C)C1CC2CCC1C2. The summed E-state index contributed by atoms with van der Waals surface area (Å²) in [6, 6.07) is 4.49. The molecule has 0 spiro atoms. The smallest absolute Gasteiger partial charge is 0.316 e. The van der Waals surface area contributed by atoms with E-state index in [1.807, 2.05) is 19.9 Å². The van der Waals surface area contributed by atoms with E-state index < -0.39 is 0 Å². The standard InChI is InChI=1S/C20H27N3O2S2/c1-12(2)25-18(24)11-27-20-22-21-19(17-5-4-8-26-17)23(20)13(3)16-10-14-6-7-15(16)9-14/h4-5,8,12-16H,6-7,9-11H2,1-3H3. The predicted molar refractivity (Wildman–Crippen MR) is 109 cm³/mol. The second-order valence-electron chi connectivity index (χ2n) is 8.06.